The standard InChI is InChI=1S/C23H15Cl2IN2O2/c24-18-8-5-15(6-9-18)14-30-22-10-7-16(12-19(22)25)11-17(13-27)23(29)28-21-4-2-1-3-20(21)26/h1-12H,14H2,(H,28,29). The molecule has 0 saturated carbocycles. The highest BCUT2D eigenvalue weighted by Crippen LogP contribution is 2.27. The average Bonchev–Trinajstić information content (AvgIpc) is 2.74. The van der Waals surface area contributed by atoms with Crippen molar-refractivity contribution in [2.45, 2.75) is 6.61 Å². The number of anilines is 1. The van der Waals surface area contributed by atoms with Gasteiger partial charge in [-0.1, -0.05) is 53.5 Å². The maximum absolute atomic E-state index is 12.5. The fourth-order valence-corrected chi connectivity index (χ4v) is 3.42. The summed E-state index contributed by atoms with van der Waals surface area (Å²) in [4.78, 5) is 12.5. The molecule has 0 fully saturated rings. The van der Waals surface area contributed by atoms with Crippen LogP contribution in [0.3, 0.4) is 0 Å². The van der Waals surface area contributed by atoms with E-state index in [0.717, 1.165) is 9.13 Å². The minimum Gasteiger partial charge on any atom is -0.487 e. The summed E-state index contributed by atoms with van der Waals surface area (Å²) in [6.07, 6.45) is 1.49. The lowest BCUT2D eigenvalue weighted by molar-refractivity contribution is -0.112. The molecule has 3 aromatic rings. The zero-order valence-corrected chi connectivity index (χ0v) is 19.2. The summed E-state index contributed by atoms with van der Waals surface area (Å²) >= 11 is 14.3. The van der Waals surface area contributed by atoms with Gasteiger partial charge in [0.05, 0.1) is 10.7 Å². The fourth-order valence-electron chi connectivity index (χ4n) is 2.53. The summed E-state index contributed by atoms with van der Waals surface area (Å²) in [7, 11) is 0. The van der Waals surface area contributed by atoms with Crippen molar-refractivity contribution in [2.75, 3.05) is 5.32 Å². The molecule has 3 rings (SSSR count). The highest BCUT2D eigenvalue weighted by molar-refractivity contribution is 14.1. The van der Waals surface area contributed by atoms with E-state index in [1.54, 1.807) is 36.4 Å². The van der Waals surface area contributed by atoms with Crippen LogP contribution in [0.1, 0.15) is 11.1 Å². The van der Waals surface area contributed by atoms with Gasteiger partial charge in [0, 0.05) is 8.59 Å². The van der Waals surface area contributed by atoms with Gasteiger partial charge in [0.25, 0.3) is 5.91 Å². The number of carbonyl (C=O) groups excluding carboxylic acids is 1. The maximum atomic E-state index is 12.5. The molecule has 0 radical (unpaired) electrons. The van der Waals surface area contributed by atoms with Gasteiger partial charge >= 0.3 is 0 Å². The molecule has 0 aliphatic rings. The molecule has 0 aliphatic carbocycles. The van der Waals surface area contributed by atoms with Crippen LogP contribution in [0.2, 0.25) is 10.0 Å². The smallest absolute Gasteiger partial charge is 0.266 e. The van der Waals surface area contributed by atoms with E-state index in [-0.39, 0.29) is 5.57 Å². The molecule has 30 heavy (non-hydrogen) atoms. The van der Waals surface area contributed by atoms with Gasteiger partial charge in [-0.05, 0) is 76.2 Å². The first-order chi connectivity index (χ1) is 14.5. The Morgan fingerprint density at radius 2 is 1.83 bits per heavy atom. The van der Waals surface area contributed by atoms with Crippen molar-refractivity contribution >= 4 is 63.5 Å². The Labute approximate surface area is 198 Å². The molecule has 4 nitrogen and oxygen atoms in total. The Bertz CT molecular complexity index is 1140. The molecule has 0 aliphatic heterocycles. The molecule has 0 bridgehead atoms. The van der Waals surface area contributed by atoms with E-state index < -0.39 is 5.91 Å². The van der Waals surface area contributed by atoms with Gasteiger partial charge in [-0.2, -0.15) is 5.26 Å². The monoisotopic (exact) mass is 548 g/mol. The van der Waals surface area contributed by atoms with Crippen molar-refractivity contribution < 1.29 is 9.53 Å². The van der Waals surface area contributed by atoms with Crippen LogP contribution in [0.5, 0.6) is 5.75 Å². The number of ether oxygens (including phenoxy) is 1. The number of halogens is 3. The number of hydrogen-bond acceptors (Lipinski definition) is 3. The van der Waals surface area contributed by atoms with E-state index in [1.165, 1.54) is 6.08 Å². The Kier molecular flexibility index (Phi) is 7.75. The SMILES string of the molecule is N#CC(=Cc1ccc(OCc2ccc(Cl)cc2)c(Cl)c1)C(=O)Nc1ccccc1I. The van der Waals surface area contributed by atoms with Crippen LogP contribution in [0.25, 0.3) is 6.08 Å². The first kappa shape index (κ1) is 22.2. The number of carbonyl (C=O) groups is 1. The van der Waals surface area contributed by atoms with E-state index in [1.807, 2.05) is 36.4 Å². The fraction of sp³-hybridized carbons (Fsp3) is 0.0435. The van der Waals surface area contributed by atoms with E-state index >= 15 is 0 Å². The number of amides is 1. The topological polar surface area (TPSA) is 62.1 Å². The second-order valence-corrected chi connectivity index (χ2v) is 8.21. The molecule has 1 N–H and O–H groups in total. The van der Waals surface area contributed by atoms with Crippen LogP contribution < -0.4 is 10.1 Å². The average molecular weight is 549 g/mol. The lowest BCUT2D eigenvalue weighted by Crippen LogP contribution is -2.14. The molecule has 7 heteroatoms. The molecular weight excluding hydrogens is 534 g/mol. The van der Waals surface area contributed by atoms with E-state index in [4.69, 9.17) is 27.9 Å². The van der Waals surface area contributed by atoms with Crippen LogP contribution >= 0.6 is 45.8 Å². The van der Waals surface area contributed by atoms with Crippen LogP contribution in [0.4, 0.5) is 5.69 Å². The lowest BCUT2D eigenvalue weighted by Gasteiger charge is -2.09. The summed E-state index contributed by atoms with van der Waals surface area (Å²) in [5.74, 6) is 0.0198. The molecule has 1 amide bonds. The van der Waals surface area contributed by atoms with Gasteiger partial charge in [0.1, 0.15) is 24.0 Å². The molecule has 0 unspecified atom stereocenters. The molecule has 0 saturated heterocycles. The van der Waals surface area contributed by atoms with Crippen molar-refractivity contribution in [3.05, 3.63) is 97.0 Å². The van der Waals surface area contributed by atoms with Crippen molar-refractivity contribution in [1.29, 1.82) is 5.26 Å². The number of para-hydroxylation sites is 1. The molecule has 3 aromatic carbocycles. The summed E-state index contributed by atoms with van der Waals surface area (Å²) in [5, 5.41) is 13.2. The van der Waals surface area contributed by atoms with Gasteiger partial charge in [-0.15, -0.1) is 0 Å². The van der Waals surface area contributed by atoms with Gasteiger partial charge in [0.15, 0.2) is 0 Å². The summed E-state index contributed by atoms with van der Waals surface area (Å²) in [6, 6.07) is 21.7. The van der Waals surface area contributed by atoms with E-state index in [2.05, 4.69) is 27.9 Å². The number of nitriles is 1. The second kappa shape index (κ2) is 10.5. The third kappa shape index (κ3) is 5.99. The second-order valence-electron chi connectivity index (χ2n) is 6.21. The number of rotatable bonds is 6. The predicted octanol–water partition coefficient (Wildman–Crippen LogP) is 6.72. The molecule has 0 aromatic heterocycles. The summed E-state index contributed by atoms with van der Waals surface area (Å²) in [5.41, 5.74) is 2.19. The zero-order chi connectivity index (χ0) is 21.5. The normalized spacial score (nSPS) is 10.9. The van der Waals surface area contributed by atoms with Crippen LogP contribution in [0, 0.1) is 14.9 Å². The minimum atomic E-state index is -0.485. The molecule has 0 atom stereocenters. The molecule has 0 spiro atoms. The highest BCUT2D eigenvalue weighted by Gasteiger charge is 2.12. The Hall–Kier alpha value is -2.53. The van der Waals surface area contributed by atoms with Crippen molar-refractivity contribution in [2.24, 2.45) is 0 Å². The van der Waals surface area contributed by atoms with Crippen molar-refractivity contribution in [1.82, 2.24) is 0 Å². The third-order valence-corrected chi connectivity index (χ3v) is 5.55. The molecule has 150 valence electrons. The summed E-state index contributed by atoms with van der Waals surface area (Å²) in [6.45, 7) is 0.341. The van der Waals surface area contributed by atoms with Gasteiger partial charge < -0.3 is 10.1 Å². The summed E-state index contributed by atoms with van der Waals surface area (Å²) < 4.78 is 6.63. The first-order valence-electron chi connectivity index (χ1n) is 8.81. The Balaban J connectivity index is 1.71. The quantitative estimate of drug-likeness (QED) is 0.211. The third-order valence-electron chi connectivity index (χ3n) is 4.06. The van der Waals surface area contributed by atoms with Gasteiger partial charge in [-0.3, -0.25) is 4.79 Å². The predicted molar refractivity (Wildman–Crippen MR) is 129 cm³/mol. The molecular formula is C23H15Cl2IN2O2. The molecule has 0 heterocycles. The van der Waals surface area contributed by atoms with E-state index in [0.29, 0.717) is 33.7 Å². The van der Waals surface area contributed by atoms with Crippen LogP contribution in [0.15, 0.2) is 72.3 Å². The van der Waals surface area contributed by atoms with Gasteiger partial charge in [-0.25, -0.2) is 0 Å². The first-order valence-corrected chi connectivity index (χ1v) is 10.6. The van der Waals surface area contributed by atoms with Gasteiger partial charge in [0.2, 0.25) is 0 Å². The van der Waals surface area contributed by atoms with Crippen LogP contribution in [-0.2, 0) is 11.4 Å². The number of benzene rings is 3. The van der Waals surface area contributed by atoms with Crippen molar-refractivity contribution in [3.8, 4) is 11.8 Å². The Morgan fingerprint density at radius 1 is 1.10 bits per heavy atom. The number of nitrogens with one attached hydrogen (secondary N) is 1. The number of hydrogen-bond donors (Lipinski definition) is 1. The minimum absolute atomic E-state index is 0.0273. The number of nitrogens with zero attached hydrogens (tertiary/aromatic N) is 1. The van der Waals surface area contributed by atoms with Crippen molar-refractivity contribution in [3.63, 3.8) is 0 Å². The Morgan fingerprint density at radius 3 is 2.50 bits per heavy atom. The lowest BCUT2D eigenvalue weighted by atomic mass is 10.1. The van der Waals surface area contributed by atoms with E-state index in [9.17, 15) is 10.1 Å². The maximum Gasteiger partial charge on any atom is 0.266 e. The largest absolute Gasteiger partial charge is 0.487 e. The zero-order valence-electron chi connectivity index (χ0n) is 15.5. The highest BCUT2D eigenvalue weighted by atomic mass is 127. The van der Waals surface area contributed by atoms with Crippen LogP contribution in [-0.4, -0.2) is 5.91 Å².